The maximum absolute atomic E-state index is 14.1. The third kappa shape index (κ3) is 20.4. The van der Waals surface area contributed by atoms with Gasteiger partial charge >= 0.3 is 23.2 Å². The van der Waals surface area contributed by atoms with Gasteiger partial charge in [0.25, 0.3) is 0 Å². The molecule has 0 N–H and O–H groups in total. The van der Waals surface area contributed by atoms with E-state index in [9.17, 15) is 19.2 Å². The molecule has 16 heteroatoms. The smallest absolute Gasteiger partial charge is 0.351 e. The van der Waals surface area contributed by atoms with Crippen molar-refractivity contribution in [3.63, 3.8) is 0 Å². The Labute approximate surface area is 736 Å². The Morgan fingerprint density at radius 1 is 0.395 bits per heavy atom. The summed E-state index contributed by atoms with van der Waals surface area (Å²) in [6.45, 7) is 38.0. The fraction of sp³-hybridized carbons (Fsp3) is 0.426. The van der Waals surface area contributed by atoms with Crippen LogP contribution in [0.25, 0.3) is 55.6 Å². The molecule has 4 aromatic heterocycles. The van der Waals surface area contributed by atoms with Gasteiger partial charge in [0, 0.05) is 130 Å². The normalized spacial score (nSPS) is 13.6. The zero-order valence-corrected chi connectivity index (χ0v) is 77.4. The molecule has 8 heterocycles. The molecule has 0 amide bonds. The number of anilines is 2. The number of pyridine rings is 2. The van der Waals surface area contributed by atoms with Crippen molar-refractivity contribution in [2.75, 3.05) is 49.2 Å². The lowest BCUT2D eigenvalue weighted by molar-refractivity contribution is 0.0459. The summed E-state index contributed by atoms with van der Waals surface area (Å²) in [5.41, 5.74) is 29.7. The average molecular weight is 1690 g/mol. The van der Waals surface area contributed by atoms with E-state index in [1.807, 2.05) is 60.9 Å². The van der Waals surface area contributed by atoms with Crippen molar-refractivity contribution in [3.05, 3.63) is 244 Å². The molecule has 0 bridgehead atoms. The summed E-state index contributed by atoms with van der Waals surface area (Å²) in [6.07, 6.45) is 20.2. The van der Waals surface area contributed by atoms with E-state index in [0.717, 1.165) is 206 Å². The molecule has 6 aromatic carbocycles. The Balaban J connectivity index is 0.742. The van der Waals surface area contributed by atoms with Crippen LogP contribution in [-0.2, 0) is 71.1 Å². The second kappa shape index (κ2) is 40.4. The van der Waals surface area contributed by atoms with Crippen LogP contribution in [0.4, 0.5) is 11.4 Å². The summed E-state index contributed by atoms with van der Waals surface area (Å²) in [6, 6.07) is 40.2. The monoisotopic (exact) mass is 1690 g/mol. The van der Waals surface area contributed by atoms with Crippen LogP contribution in [0.5, 0.6) is 0 Å². The number of carbonyl (C=O) groups excluding carboxylic acids is 2. The zero-order valence-electron chi connectivity index (χ0n) is 75.4. The topological polar surface area (TPSA) is 164 Å². The first-order valence-electron chi connectivity index (χ1n) is 45.7. The Kier molecular flexibility index (Phi) is 29.2. The molecule has 14 rings (SSSR count). The average Bonchev–Trinajstić information content (AvgIpc) is 0.746. The molecule has 4 aliphatic heterocycles. The molecule has 0 unspecified atom stereocenters. The number of unbranched alkanes of at least 4 members (excludes halogenated alkanes) is 6. The summed E-state index contributed by atoms with van der Waals surface area (Å²) in [5.74, 6) is 19.9. The van der Waals surface area contributed by atoms with Crippen molar-refractivity contribution in [1.82, 2.24) is 9.97 Å². The highest BCUT2D eigenvalue weighted by molar-refractivity contribution is 6.91. The number of nitrogens with zero attached hydrogens (tertiary/aromatic N) is 4. The second-order valence-corrected chi connectivity index (χ2v) is 47.7. The number of carbonyl (C=O) groups is 2. The van der Waals surface area contributed by atoms with Crippen molar-refractivity contribution in [2.45, 2.75) is 259 Å². The number of aromatic nitrogens is 2. The summed E-state index contributed by atoms with van der Waals surface area (Å²) < 4.78 is 36.9. The first kappa shape index (κ1) is 89.5. The number of esters is 2. The van der Waals surface area contributed by atoms with E-state index in [4.69, 9.17) is 37.7 Å². The molecule has 0 saturated carbocycles. The fourth-order valence-electron chi connectivity index (χ4n) is 20.1. The van der Waals surface area contributed by atoms with Gasteiger partial charge in [0.1, 0.15) is 51.7 Å². The van der Waals surface area contributed by atoms with Crippen molar-refractivity contribution in [1.29, 1.82) is 0 Å². The minimum Gasteiger partial charge on any atom is -0.457 e. The quantitative estimate of drug-likeness (QED) is 0.0143. The molecular formula is C108H122N4O10Si2. The van der Waals surface area contributed by atoms with E-state index >= 15 is 0 Å². The zero-order chi connectivity index (χ0) is 87.3. The van der Waals surface area contributed by atoms with Crippen molar-refractivity contribution in [2.24, 2.45) is 0 Å². The molecule has 0 saturated heterocycles. The van der Waals surface area contributed by atoms with Crippen LogP contribution < -0.4 is 21.1 Å². The van der Waals surface area contributed by atoms with Gasteiger partial charge < -0.3 is 37.6 Å². The molecule has 0 atom stereocenters. The van der Waals surface area contributed by atoms with Crippen LogP contribution in [0.3, 0.4) is 0 Å². The standard InChI is InChI=1S/C108H122N4O10Si2/c1-15-17-19-21-45-117-67-85-53-79(33-31-77-49-81(39-47-123(71(3)4,72(5)6)73(7)8)55-83(51-77)69-119-105(113)97-63-93-61-87-27-23-41-111-43-25-29-95(101(87)111)103(93)121-107(97)115)57-91(59-85)89-35-37-99(109-65-89)100-38-36-90(66-110-100)92-58-80(54-86(60-92)68-118-46-22-20-18-16-2)34-32-78-50-82(40-48-124(74(9)10,75(11)12)76(13)14)56-84(52-78)70-120-106(114)98-64-94-62-88-28-24-42-112-44-26-30-96(102(88)112)104(94)122-108(98)116/h35-38,49-66,71-76H,15-30,41-46,67-70H2,1-14H3. The van der Waals surface area contributed by atoms with Crippen LogP contribution in [0, 0.1) is 46.6 Å². The van der Waals surface area contributed by atoms with E-state index in [1.54, 1.807) is 12.1 Å². The molecule has 4 aliphatic rings. The molecule has 14 nitrogen and oxygen atoms in total. The molecule has 0 spiro atoms. The van der Waals surface area contributed by atoms with E-state index in [0.29, 0.717) is 104 Å². The molecule has 124 heavy (non-hydrogen) atoms. The van der Waals surface area contributed by atoms with Gasteiger partial charge in [0.15, 0.2) is 0 Å². The Bertz CT molecular complexity index is 5590. The lowest BCUT2D eigenvalue weighted by atomic mass is 9.90. The Hall–Kier alpha value is -10.8. The van der Waals surface area contributed by atoms with E-state index in [2.05, 4.69) is 214 Å². The first-order valence-corrected chi connectivity index (χ1v) is 50.2. The fourth-order valence-corrected chi connectivity index (χ4v) is 30.5. The molecule has 0 fully saturated rings. The summed E-state index contributed by atoms with van der Waals surface area (Å²) >= 11 is 0. The van der Waals surface area contributed by atoms with Gasteiger partial charge in [-0.25, -0.2) is 19.2 Å². The number of hydrogen-bond acceptors (Lipinski definition) is 14. The lowest BCUT2D eigenvalue weighted by Crippen LogP contribution is -2.43. The van der Waals surface area contributed by atoms with Crippen molar-refractivity contribution in [3.8, 4) is 80.3 Å². The Morgan fingerprint density at radius 2 is 0.742 bits per heavy atom. The first-order chi connectivity index (χ1) is 59.9. The molecule has 0 radical (unpaired) electrons. The minimum absolute atomic E-state index is 0.108. The highest BCUT2D eigenvalue weighted by atomic mass is 28.3. The van der Waals surface area contributed by atoms with E-state index < -0.39 is 39.3 Å². The predicted molar refractivity (Wildman–Crippen MR) is 508 cm³/mol. The summed E-state index contributed by atoms with van der Waals surface area (Å²) in [4.78, 5) is 70.7. The molecule has 642 valence electrons. The molecular weight excluding hydrogens is 1570 g/mol. The maximum Gasteiger partial charge on any atom is 0.351 e. The van der Waals surface area contributed by atoms with Crippen LogP contribution >= 0.6 is 0 Å². The van der Waals surface area contributed by atoms with Gasteiger partial charge in [-0.05, 0) is 251 Å². The van der Waals surface area contributed by atoms with Crippen LogP contribution in [-0.4, -0.2) is 77.4 Å². The van der Waals surface area contributed by atoms with Crippen molar-refractivity contribution < 1.29 is 37.4 Å². The lowest BCUT2D eigenvalue weighted by Gasteiger charge is -2.38. The third-order valence-corrected chi connectivity index (χ3v) is 38.7. The van der Waals surface area contributed by atoms with Crippen LogP contribution in [0.2, 0.25) is 33.2 Å². The number of hydrogen-bond donors (Lipinski definition) is 0. The van der Waals surface area contributed by atoms with Gasteiger partial charge in [0.2, 0.25) is 0 Å². The highest BCUT2D eigenvalue weighted by Crippen LogP contribution is 2.45. The number of benzene rings is 6. The van der Waals surface area contributed by atoms with E-state index in [-0.39, 0.29) is 24.3 Å². The van der Waals surface area contributed by atoms with Crippen LogP contribution in [0.15, 0.2) is 152 Å². The van der Waals surface area contributed by atoms with Gasteiger partial charge in [-0.1, -0.05) is 183 Å². The third-order valence-electron chi connectivity index (χ3n) is 26.1. The van der Waals surface area contributed by atoms with Gasteiger partial charge in [-0.3, -0.25) is 9.97 Å². The SMILES string of the molecule is CCCCCCOCc1cc(C#Cc2cc(C#C[Si](C(C)C)(C(C)C)C(C)C)cc(COC(=O)c3cc4cc5c6c(c4oc3=O)CCCN6CCC5)c2)cc(-c2ccc(-c3ccc(-c4cc(C#Cc5cc(C#C[Si](C(C)C)(C(C)C)C(C)C)cc(COC(=O)c6cc7cc8c9c(c7oc6=O)CCCN9CCC8)c5)cc(COCCCCCC)c4)cn3)nc2)c1. The van der Waals surface area contributed by atoms with E-state index in [1.165, 1.54) is 22.5 Å². The highest BCUT2D eigenvalue weighted by Gasteiger charge is 2.43. The maximum atomic E-state index is 14.1. The number of fused-ring (bicyclic) bond motifs is 4. The van der Waals surface area contributed by atoms with Crippen LogP contribution in [0.1, 0.15) is 273 Å². The number of aryl methyl sites for hydroxylation is 4. The number of rotatable bonds is 29. The second-order valence-electron chi connectivity index (χ2n) is 36.6. The molecule has 0 aliphatic carbocycles. The minimum atomic E-state index is -2.17. The van der Waals surface area contributed by atoms with Gasteiger partial charge in [-0.15, -0.1) is 11.1 Å². The molecule has 10 aromatic rings. The van der Waals surface area contributed by atoms with Crippen molar-refractivity contribution >= 4 is 61.4 Å². The van der Waals surface area contributed by atoms with Gasteiger partial charge in [0.05, 0.1) is 24.6 Å². The van der Waals surface area contributed by atoms with Gasteiger partial charge in [-0.2, -0.15) is 0 Å². The largest absolute Gasteiger partial charge is 0.457 e. The Morgan fingerprint density at radius 3 is 1.09 bits per heavy atom. The predicted octanol–water partition coefficient (Wildman–Crippen LogP) is 23.9. The summed E-state index contributed by atoms with van der Waals surface area (Å²) in [7, 11) is -4.35. The summed E-state index contributed by atoms with van der Waals surface area (Å²) in [5, 5.41) is 1.49. The number of ether oxygens (including phenoxy) is 4.